The van der Waals surface area contributed by atoms with Gasteiger partial charge in [-0.05, 0) is 33.0 Å². The smallest absolute Gasteiger partial charge is 0.138 e. The van der Waals surface area contributed by atoms with Crippen LogP contribution in [0.4, 0.5) is 0 Å². The van der Waals surface area contributed by atoms with Gasteiger partial charge in [-0.15, -0.1) is 0 Å². The molecule has 0 unspecified atom stereocenters. The first-order chi connectivity index (χ1) is 7.63. The quantitative estimate of drug-likeness (QED) is 0.745. The number of hydrogen-bond donors (Lipinski definition) is 1. The summed E-state index contributed by atoms with van der Waals surface area (Å²) in [5.41, 5.74) is 1.64. The third-order valence-electron chi connectivity index (χ3n) is 2.33. The summed E-state index contributed by atoms with van der Waals surface area (Å²) in [6.45, 7) is 6.82. The molecule has 0 atom stereocenters. The molecule has 1 aromatic heterocycles. The molecule has 90 valence electrons. The molecule has 0 aliphatic rings. The highest BCUT2D eigenvalue weighted by Crippen LogP contribution is 2.15. The van der Waals surface area contributed by atoms with Gasteiger partial charge in [0.1, 0.15) is 5.75 Å². The minimum Gasteiger partial charge on any atom is -0.506 e. The lowest BCUT2D eigenvalue weighted by Crippen LogP contribution is -2.23. The molecule has 0 fully saturated rings. The van der Waals surface area contributed by atoms with E-state index in [9.17, 15) is 5.11 Å². The lowest BCUT2D eigenvalue weighted by atomic mass is 10.2. The van der Waals surface area contributed by atoms with Gasteiger partial charge < -0.3 is 9.84 Å². The molecule has 1 heterocycles. The molecule has 0 aliphatic heterocycles. The molecule has 4 nitrogen and oxygen atoms in total. The molecule has 1 N–H and O–H groups in total. The number of pyridine rings is 1. The van der Waals surface area contributed by atoms with Crippen molar-refractivity contribution in [1.29, 1.82) is 0 Å². The Kier molecular flexibility index (Phi) is 5.22. The number of ether oxygens (including phenoxy) is 1. The van der Waals surface area contributed by atoms with Crippen molar-refractivity contribution < 1.29 is 9.84 Å². The SMILES string of the molecule is CCOCCN(C)Cc1nc(C)ccc1O. The topological polar surface area (TPSA) is 45.6 Å². The lowest BCUT2D eigenvalue weighted by Gasteiger charge is -2.16. The average molecular weight is 224 g/mol. The van der Waals surface area contributed by atoms with Crippen molar-refractivity contribution in [2.24, 2.45) is 0 Å². The van der Waals surface area contributed by atoms with Crippen molar-refractivity contribution in [1.82, 2.24) is 9.88 Å². The van der Waals surface area contributed by atoms with E-state index in [1.165, 1.54) is 0 Å². The second-order valence-corrected chi connectivity index (χ2v) is 3.85. The van der Waals surface area contributed by atoms with Gasteiger partial charge in [-0.1, -0.05) is 0 Å². The maximum Gasteiger partial charge on any atom is 0.138 e. The van der Waals surface area contributed by atoms with Crippen LogP contribution in [-0.2, 0) is 11.3 Å². The van der Waals surface area contributed by atoms with E-state index >= 15 is 0 Å². The summed E-state index contributed by atoms with van der Waals surface area (Å²) in [6.07, 6.45) is 0. The molecule has 4 heteroatoms. The van der Waals surface area contributed by atoms with Gasteiger partial charge in [0.05, 0.1) is 12.3 Å². The predicted molar refractivity (Wildman–Crippen MR) is 63.5 cm³/mol. The molecule has 0 saturated heterocycles. The normalized spacial score (nSPS) is 11.0. The van der Waals surface area contributed by atoms with E-state index in [1.807, 2.05) is 20.9 Å². The van der Waals surface area contributed by atoms with E-state index in [0.29, 0.717) is 13.2 Å². The molecular weight excluding hydrogens is 204 g/mol. The summed E-state index contributed by atoms with van der Waals surface area (Å²) in [6, 6.07) is 3.49. The van der Waals surface area contributed by atoms with Crippen LogP contribution in [-0.4, -0.2) is 41.8 Å². The zero-order valence-electron chi connectivity index (χ0n) is 10.2. The van der Waals surface area contributed by atoms with Crippen LogP contribution in [0.1, 0.15) is 18.3 Å². The van der Waals surface area contributed by atoms with Gasteiger partial charge in [-0.25, -0.2) is 0 Å². The van der Waals surface area contributed by atoms with Crippen LogP contribution < -0.4 is 0 Å². The summed E-state index contributed by atoms with van der Waals surface area (Å²) < 4.78 is 5.27. The molecule has 0 saturated carbocycles. The summed E-state index contributed by atoms with van der Waals surface area (Å²) in [5, 5.41) is 9.64. The molecule has 16 heavy (non-hydrogen) atoms. The fraction of sp³-hybridized carbons (Fsp3) is 0.583. The first kappa shape index (κ1) is 12.9. The van der Waals surface area contributed by atoms with Crippen LogP contribution >= 0.6 is 0 Å². The van der Waals surface area contributed by atoms with Crippen molar-refractivity contribution >= 4 is 0 Å². The summed E-state index contributed by atoms with van der Waals surface area (Å²) in [5.74, 6) is 0.258. The first-order valence-electron chi connectivity index (χ1n) is 5.55. The Morgan fingerprint density at radius 2 is 2.19 bits per heavy atom. The van der Waals surface area contributed by atoms with Crippen LogP contribution in [0.3, 0.4) is 0 Å². The van der Waals surface area contributed by atoms with E-state index in [4.69, 9.17) is 4.74 Å². The first-order valence-corrected chi connectivity index (χ1v) is 5.55. The van der Waals surface area contributed by atoms with Gasteiger partial charge in [-0.3, -0.25) is 9.88 Å². The van der Waals surface area contributed by atoms with Crippen LogP contribution in [0.2, 0.25) is 0 Å². The molecule has 1 aromatic rings. The van der Waals surface area contributed by atoms with Crippen LogP contribution in [0.25, 0.3) is 0 Å². The zero-order chi connectivity index (χ0) is 12.0. The average Bonchev–Trinajstić information content (AvgIpc) is 2.24. The highest BCUT2D eigenvalue weighted by Gasteiger charge is 2.06. The predicted octanol–water partition coefficient (Wildman–Crippen LogP) is 1.56. The monoisotopic (exact) mass is 224 g/mol. The minimum absolute atomic E-state index is 0.258. The highest BCUT2D eigenvalue weighted by atomic mass is 16.5. The number of nitrogens with zero attached hydrogens (tertiary/aromatic N) is 2. The van der Waals surface area contributed by atoms with E-state index in [-0.39, 0.29) is 5.75 Å². The second-order valence-electron chi connectivity index (χ2n) is 3.85. The second kappa shape index (κ2) is 6.45. The highest BCUT2D eigenvalue weighted by molar-refractivity contribution is 5.27. The van der Waals surface area contributed by atoms with Gasteiger partial charge in [0.2, 0.25) is 0 Å². The number of likely N-dealkylation sites (N-methyl/N-ethyl adjacent to an activating group) is 1. The van der Waals surface area contributed by atoms with Crippen molar-refractivity contribution in [3.63, 3.8) is 0 Å². The van der Waals surface area contributed by atoms with Gasteiger partial charge in [-0.2, -0.15) is 0 Å². The molecule has 0 aromatic carbocycles. The maximum absolute atomic E-state index is 9.64. The largest absolute Gasteiger partial charge is 0.506 e. The van der Waals surface area contributed by atoms with Gasteiger partial charge in [0.25, 0.3) is 0 Å². The third-order valence-corrected chi connectivity index (χ3v) is 2.33. The van der Waals surface area contributed by atoms with Crippen LogP contribution in [0.5, 0.6) is 5.75 Å². The molecular formula is C12H20N2O2. The number of rotatable bonds is 6. The zero-order valence-corrected chi connectivity index (χ0v) is 10.2. The Morgan fingerprint density at radius 1 is 1.44 bits per heavy atom. The lowest BCUT2D eigenvalue weighted by molar-refractivity contribution is 0.119. The Balaban J connectivity index is 2.48. The molecule has 0 bridgehead atoms. The summed E-state index contributed by atoms with van der Waals surface area (Å²) >= 11 is 0. The number of aromatic nitrogens is 1. The Hall–Kier alpha value is -1.13. The van der Waals surface area contributed by atoms with Crippen molar-refractivity contribution in [2.75, 3.05) is 26.8 Å². The fourth-order valence-corrected chi connectivity index (χ4v) is 1.42. The van der Waals surface area contributed by atoms with Crippen molar-refractivity contribution in [3.8, 4) is 5.75 Å². The summed E-state index contributed by atoms with van der Waals surface area (Å²) in [7, 11) is 1.99. The standard InChI is InChI=1S/C12H20N2O2/c1-4-16-8-7-14(3)9-11-12(15)6-5-10(2)13-11/h5-6,15H,4,7-9H2,1-3H3. The van der Waals surface area contributed by atoms with Gasteiger partial charge in [0.15, 0.2) is 0 Å². The molecule has 1 rings (SSSR count). The van der Waals surface area contributed by atoms with Gasteiger partial charge >= 0.3 is 0 Å². The van der Waals surface area contributed by atoms with Gasteiger partial charge in [0, 0.05) is 25.4 Å². The van der Waals surface area contributed by atoms with E-state index < -0.39 is 0 Å². The van der Waals surface area contributed by atoms with E-state index in [0.717, 1.165) is 24.5 Å². The number of hydrogen-bond acceptors (Lipinski definition) is 4. The van der Waals surface area contributed by atoms with Crippen LogP contribution in [0.15, 0.2) is 12.1 Å². The minimum atomic E-state index is 0.258. The van der Waals surface area contributed by atoms with Crippen LogP contribution in [0, 0.1) is 6.92 Å². The molecule has 0 radical (unpaired) electrons. The Bertz CT molecular complexity index is 329. The van der Waals surface area contributed by atoms with Crippen molar-refractivity contribution in [2.45, 2.75) is 20.4 Å². The van der Waals surface area contributed by atoms with Crippen molar-refractivity contribution in [3.05, 3.63) is 23.5 Å². The Labute approximate surface area is 96.9 Å². The van der Waals surface area contributed by atoms with E-state index in [1.54, 1.807) is 12.1 Å². The molecule has 0 amide bonds. The fourth-order valence-electron chi connectivity index (χ4n) is 1.42. The maximum atomic E-state index is 9.64. The number of aryl methyl sites for hydroxylation is 1. The third kappa shape index (κ3) is 4.16. The number of aromatic hydroxyl groups is 1. The molecule has 0 spiro atoms. The summed E-state index contributed by atoms with van der Waals surface area (Å²) in [4.78, 5) is 6.39. The Morgan fingerprint density at radius 3 is 2.88 bits per heavy atom. The van der Waals surface area contributed by atoms with E-state index in [2.05, 4.69) is 9.88 Å². The molecule has 0 aliphatic carbocycles.